The second-order valence-electron chi connectivity index (χ2n) is 7.39. The van der Waals surface area contributed by atoms with E-state index in [1.807, 2.05) is 61.2 Å². The van der Waals surface area contributed by atoms with Crippen LogP contribution in [0.4, 0.5) is 10.5 Å². The number of nitrogens with zero attached hydrogens (tertiary/aromatic N) is 3. The largest absolute Gasteiger partial charge is 0.339 e. The van der Waals surface area contributed by atoms with Crippen LogP contribution in [0.1, 0.15) is 35.8 Å². The number of carbonyl (C=O) groups excluding carboxylic acids is 1. The molecule has 3 aromatic rings. The Balaban J connectivity index is 1.35. The molecule has 1 aliphatic heterocycles. The molecule has 0 bridgehead atoms. The van der Waals surface area contributed by atoms with Crippen LogP contribution in [0.3, 0.4) is 0 Å². The molecule has 0 atom stereocenters. The Kier molecular flexibility index (Phi) is 5.10. The van der Waals surface area contributed by atoms with Gasteiger partial charge >= 0.3 is 6.03 Å². The molecule has 4 rings (SSSR count). The van der Waals surface area contributed by atoms with E-state index in [0.29, 0.717) is 24.8 Å². The highest BCUT2D eigenvalue weighted by molar-refractivity contribution is 5.89. The molecule has 1 N–H and O–H groups in total. The first-order valence-electron chi connectivity index (χ1n) is 9.62. The van der Waals surface area contributed by atoms with Gasteiger partial charge in [-0.3, -0.25) is 0 Å². The average molecular weight is 376 g/mol. The van der Waals surface area contributed by atoms with Crippen LogP contribution in [0.25, 0.3) is 11.4 Å². The first kappa shape index (κ1) is 18.2. The first-order valence-corrected chi connectivity index (χ1v) is 9.62. The summed E-state index contributed by atoms with van der Waals surface area (Å²) in [6.07, 6.45) is 1.63. The topological polar surface area (TPSA) is 71.3 Å². The second-order valence-corrected chi connectivity index (χ2v) is 7.39. The molecule has 0 aliphatic carbocycles. The smallest absolute Gasteiger partial charge is 0.321 e. The highest BCUT2D eigenvalue weighted by Gasteiger charge is 2.27. The number of nitrogens with one attached hydrogen (secondary N) is 1. The van der Waals surface area contributed by atoms with Crippen molar-refractivity contribution in [2.45, 2.75) is 32.6 Å². The molecular formula is C22H24N4O2. The van der Waals surface area contributed by atoms with E-state index >= 15 is 0 Å². The SMILES string of the molecule is Cc1cc(C)cc(NC(=O)N2CCC(c3nc(-c4ccccc4)no3)CC2)c1. The second kappa shape index (κ2) is 7.84. The predicted octanol–water partition coefficient (Wildman–Crippen LogP) is 4.76. The lowest BCUT2D eigenvalue weighted by Crippen LogP contribution is -2.40. The summed E-state index contributed by atoms with van der Waals surface area (Å²) in [7, 11) is 0. The number of aryl methyl sites for hydroxylation is 2. The molecule has 2 heterocycles. The third-order valence-corrected chi connectivity index (χ3v) is 5.08. The number of rotatable bonds is 3. The van der Waals surface area contributed by atoms with E-state index in [9.17, 15) is 4.79 Å². The lowest BCUT2D eigenvalue weighted by atomic mass is 9.97. The van der Waals surface area contributed by atoms with Gasteiger partial charge in [0.2, 0.25) is 11.7 Å². The van der Waals surface area contributed by atoms with Crippen LogP contribution in [-0.4, -0.2) is 34.2 Å². The zero-order valence-electron chi connectivity index (χ0n) is 16.2. The van der Waals surface area contributed by atoms with E-state index in [-0.39, 0.29) is 11.9 Å². The molecule has 0 spiro atoms. The van der Waals surface area contributed by atoms with Gasteiger partial charge in [-0.05, 0) is 49.9 Å². The molecule has 6 heteroatoms. The summed E-state index contributed by atoms with van der Waals surface area (Å²) < 4.78 is 5.50. The van der Waals surface area contributed by atoms with Gasteiger partial charge in [-0.25, -0.2) is 4.79 Å². The fourth-order valence-electron chi connectivity index (χ4n) is 3.68. The van der Waals surface area contributed by atoms with E-state index in [2.05, 4.69) is 21.5 Å². The van der Waals surface area contributed by atoms with Gasteiger partial charge in [-0.2, -0.15) is 4.98 Å². The van der Waals surface area contributed by atoms with Gasteiger partial charge < -0.3 is 14.7 Å². The number of anilines is 1. The molecule has 1 aliphatic rings. The van der Waals surface area contributed by atoms with Crippen molar-refractivity contribution in [2.75, 3.05) is 18.4 Å². The van der Waals surface area contributed by atoms with Gasteiger partial charge in [0.25, 0.3) is 0 Å². The first-order chi connectivity index (χ1) is 13.6. The summed E-state index contributed by atoms with van der Waals surface area (Å²) in [4.78, 5) is 19.0. The lowest BCUT2D eigenvalue weighted by molar-refractivity contribution is 0.187. The molecule has 2 amide bonds. The Hall–Kier alpha value is -3.15. The fourth-order valence-corrected chi connectivity index (χ4v) is 3.68. The number of hydrogen-bond acceptors (Lipinski definition) is 4. The molecule has 0 radical (unpaired) electrons. The molecule has 144 valence electrons. The zero-order valence-corrected chi connectivity index (χ0v) is 16.2. The molecule has 1 saturated heterocycles. The summed E-state index contributed by atoms with van der Waals surface area (Å²) >= 11 is 0. The standard InChI is InChI=1S/C22H24N4O2/c1-15-12-16(2)14-19(13-15)23-22(27)26-10-8-18(9-11-26)21-24-20(25-28-21)17-6-4-3-5-7-17/h3-7,12-14,18H,8-11H2,1-2H3,(H,23,27). The molecule has 1 aromatic heterocycles. The van der Waals surface area contributed by atoms with Gasteiger partial charge in [-0.15, -0.1) is 0 Å². The van der Waals surface area contributed by atoms with E-state index in [1.165, 1.54) is 0 Å². The number of urea groups is 1. The van der Waals surface area contributed by atoms with Crippen LogP contribution in [0.15, 0.2) is 53.1 Å². The molecule has 0 unspecified atom stereocenters. The highest BCUT2D eigenvalue weighted by atomic mass is 16.5. The van der Waals surface area contributed by atoms with Gasteiger partial charge in [0.1, 0.15) is 0 Å². The van der Waals surface area contributed by atoms with Crippen molar-refractivity contribution in [1.82, 2.24) is 15.0 Å². The fraction of sp³-hybridized carbons (Fsp3) is 0.318. The van der Waals surface area contributed by atoms with Gasteiger partial charge in [-0.1, -0.05) is 41.6 Å². The number of carbonyl (C=O) groups is 1. The number of benzene rings is 2. The Morgan fingerprint density at radius 3 is 2.43 bits per heavy atom. The van der Waals surface area contributed by atoms with Crippen LogP contribution in [0.5, 0.6) is 0 Å². The summed E-state index contributed by atoms with van der Waals surface area (Å²) in [6, 6.07) is 15.8. The molecule has 2 aromatic carbocycles. The summed E-state index contributed by atoms with van der Waals surface area (Å²) in [5, 5.41) is 7.12. The van der Waals surface area contributed by atoms with E-state index in [4.69, 9.17) is 4.52 Å². The minimum Gasteiger partial charge on any atom is -0.339 e. The lowest BCUT2D eigenvalue weighted by Gasteiger charge is -2.30. The maximum absolute atomic E-state index is 12.6. The Morgan fingerprint density at radius 1 is 1.07 bits per heavy atom. The van der Waals surface area contributed by atoms with Crippen molar-refractivity contribution in [1.29, 1.82) is 0 Å². The Bertz CT molecular complexity index is 939. The monoisotopic (exact) mass is 376 g/mol. The van der Waals surface area contributed by atoms with Crippen molar-refractivity contribution in [2.24, 2.45) is 0 Å². The third kappa shape index (κ3) is 4.06. The van der Waals surface area contributed by atoms with Crippen molar-refractivity contribution >= 4 is 11.7 Å². The van der Waals surface area contributed by atoms with E-state index in [0.717, 1.165) is 35.2 Å². The number of likely N-dealkylation sites (tertiary alicyclic amines) is 1. The van der Waals surface area contributed by atoms with Crippen molar-refractivity contribution < 1.29 is 9.32 Å². The Morgan fingerprint density at radius 2 is 1.75 bits per heavy atom. The van der Waals surface area contributed by atoms with Crippen molar-refractivity contribution in [3.05, 3.63) is 65.5 Å². The average Bonchev–Trinajstić information content (AvgIpc) is 3.18. The molecule has 28 heavy (non-hydrogen) atoms. The molecule has 1 fully saturated rings. The van der Waals surface area contributed by atoms with Gasteiger partial charge in [0.05, 0.1) is 0 Å². The molecule has 6 nitrogen and oxygen atoms in total. The van der Waals surface area contributed by atoms with E-state index < -0.39 is 0 Å². The van der Waals surface area contributed by atoms with Gasteiger partial charge in [0, 0.05) is 30.3 Å². The molecular weight excluding hydrogens is 352 g/mol. The van der Waals surface area contributed by atoms with Crippen LogP contribution in [-0.2, 0) is 0 Å². The van der Waals surface area contributed by atoms with Crippen molar-refractivity contribution in [3.63, 3.8) is 0 Å². The quantitative estimate of drug-likeness (QED) is 0.715. The molecule has 0 saturated carbocycles. The predicted molar refractivity (Wildman–Crippen MR) is 108 cm³/mol. The van der Waals surface area contributed by atoms with E-state index in [1.54, 1.807) is 0 Å². The summed E-state index contributed by atoms with van der Waals surface area (Å²) in [6.45, 7) is 5.40. The van der Waals surface area contributed by atoms with Gasteiger partial charge in [0.15, 0.2) is 0 Å². The number of hydrogen-bond donors (Lipinski definition) is 1. The van der Waals surface area contributed by atoms with Crippen LogP contribution in [0, 0.1) is 13.8 Å². The maximum atomic E-state index is 12.6. The van der Waals surface area contributed by atoms with Crippen LogP contribution >= 0.6 is 0 Å². The van der Waals surface area contributed by atoms with Crippen LogP contribution < -0.4 is 5.32 Å². The number of aromatic nitrogens is 2. The maximum Gasteiger partial charge on any atom is 0.321 e. The highest BCUT2D eigenvalue weighted by Crippen LogP contribution is 2.29. The normalized spacial score (nSPS) is 14.9. The summed E-state index contributed by atoms with van der Waals surface area (Å²) in [5.41, 5.74) is 4.07. The third-order valence-electron chi connectivity index (χ3n) is 5.08. The van der Waals surface area contributed by atoms with Crippen LogP contribution in [0.2, 0.25) is 0 Å². The summed E-state index contributed by atoms with van der Waals surface area (Å²) in [5.74, 6) is 1.47. The van der Waals surface area contributed by atoms with Crippen molar-refractivity contribution in [3.8, 4) is 11.4 Å². The zero-order chi connectivity index (χ0) is 19.5. The minimum atomic E-state index is -0.0565. The number of amides is 2. The number of piperidine rings is 1. The Labute approximate surface area is 164 Å². The minimum absolute atomic E-state index is 0.0565.